The second-order valence-corrected chi connectivity index (χ2v) is 6.55. The van der Waals surface area contributed by atoms with Crippen LogP contribution in [-0.4, -0.2) is 45.8 Å². The molecule has 1 heterocycles. The summed E-state index contributed by atoms with van der Waals surface area (Å²) in [6.45, 7) is 4.52. The van der Waals surface area contributed by atoms with E-state index in [9.17, 15) is 0 Å². The van der Waals surface area contributed by atoms with E-state index in [1.54, 1.807) is 7.11 Å². The smallest absolute Gasteiger partial charge is 0.0587 e. The van der Waals surface area contributed by atoms with E-state index >= 15 is 0 Å². The van der Waals surface area contributed by atoms with Gasteiger partial charge in [0.15, 0.2) is 0 Å². The molecular weight excluding hydrogens is 270 g/mol. The first-order valence-electron chi connectivity index (χ1n) is 7.30. The Morgan fingerprint density at radius 3 is 2.90 bits per heavy atom. The Morgan fingerprint density at radius 1 is 1.35 bits per heavy atom. The third-order valence-electron chi connectivity index (χ3n) is 3.81. The molecular formula is C16H25NO2S. The largest absolute Gasteiger partial charge is 0.383 e. The highest BCUT2D eigenvalue weighted by Crippen LogP contribution is 2.34. The Morgan fingerprint density at radius 2 is 2.20 bits per heavy atom. The second kappa shape index (κ2) is 8.67. The van der Waals surface area contributed by atoms with Crippen molar-refractivity contribution >= 4 is 11.8 Å². The fourth-order valence-corrected chi connectivity index (χ4v) is 3.62. The van der Waals surface area contributed by atoms with Crippen LogP contribution in [0.3, 0.4) is 0 Å². The average Bonchev–Trinajstić information content (AvgIpc) is 2.94. The molecule has 1 atom stereocenters. The molecule has 0 spiro atoms. The Hall–Kier alpha value is -0.550. The van der Waals surface area contributed by atoms with Gasteiger partial charge >= 0.3 is 0 Å². The normalized spacial score (nSPS) is 22.2. The molecule has 1 N–H and O–H groups in total. The molecule has 2 rings (SSSR count). The fraction of sp³-hybridized carbons (Fsp3) is 0.625. The maximum atomic E-state index is 5.64. The van der Waals surface area contributed by atoms with Gasteiger partial charge in [0.05, 0.1) is 13.2 Å². The first-order valence-corrected chi connectivity index (χ1v) is 8.28. The molecule has 1 fully saturated rings. The predicted molar refractivity (Wildman–Crippen MR) is 84.4 cm³/mol. The summed E-state index contributed by atoms with van der Waals surface area (Å²) in [5.41, 5.74) is 0.315. The summed E-state index contributed by atoms with van der Waals surface area (Å²) in [5.74, 6) is 1.15. The fourth-order valence-electron chi connectivity index (χ4n) is 2.50. The number of hydrogen-bond donors (Lipinski definition) is 1. The molecule has 0 aliphatic carbocycles. The molecule has 4 heteroatoms. The van der Waals surface area contributed by atoms with Gasteiger partial charge in [0.2, 0.25) is 0 Å². The summed E-state index contributed by atoms with van der Waals surface area (Å²) in [5, 5.41) is 3.50. The van der Waals surface area contributed by atoms with Gasteiger partial charge in [0.1, 0.15) is 0 Å². The van der Waals surface area contributed by atoms with Gasteiger partial charge in [-0.3, -0.25) is 0 Å². The van der Waals surface area contributed by atoms with Crippen molar-refractivity contribution in [3.8, 4) is 0 Å². The number of methoxy groups -OCH3 is 1. The van der Waals surface area contributed by atoms with Gasteiger partial charge < -0.3 is 14.8 Å². The summed E-state index contributed by atoms with van der Waals surface area (Å²) < 4.78 is 10.7. The van der Waals surface area contributed by atoms with Crippen LogP contribution in [0.4, 0.5) is 0 Å². The van der Waals surface area contributed by atoms with Crippen molar-refractivity contribution in [2.24, 2.45) is 5.41 Å². The lowest BCUT2D eigenvalue weighted by atomic mass is 9.84. The molecule has 0 radical (unpaired) electrons. The van der Waals surface area contributed by atoms with E-state index in [1.807, 2.05) is 11.8 Å². The predicted octanol–water partition coefficient (Wildman–Crippen LogP) is 2.81. The van der Waals surface area contributed by atoms with Crippen LogP contribution in [0, 0.1) is 5.41 Å². The quantitative estimate of drug-likeness (QED) is 0.560. The van der Waals surface area contributed by atoms with E-state index in [-0.39, 0.29) is 0 Å². The molecule has 0 aromatic heterocycles. The zero-order chi connectivity index (χ0) is 14.1. The lowest BCUT2D eigenvalue weighted by Crippen LogP contribution is -2.36. The van der Waals surface area contributed by atoms with Crippen LogP contribution in [0.1, 0.15) is 12.8 Å². The number of ether oxygens (including phenoxy) is 2. The number of hydrogen-bond acceptors (Lipinski definition) is 4. The van der Waals surface area contributed by atoms with Gasteiger partial charge in [0, 0.05) is 37.1 Å². The average molecular weight is 295 g/mol. The minimum Gasteiger partial charge on any atom is -0.383 e. The van der Waals surface area contributed by atoms with E-state index in [0.29, 0.717) is 5.41 Å². The zero-order valence-electron chi connectivity index (χ0n) is 12.3. The molecule has 3 nitrogen and oxygen atoms in total. The van der Waals surface area contributed by atoms with Crippen molar-refractivity contribution in [3.63, 3.8) is 0 Å². The third-order valence-corrected chi connectivity index (χ3v) is 4.83. The summed E-state index contributed by atoms with van der Waals surface area (Å²) in [6, 6.07) is 10.6. The highest BCUT2D eigenvalue weighted by molar-refractivity contribution is 7.99. The molecule has 1 aliphatic heterocycles. The third kappa shape index (κ3) is 5.09. The van der Waals surface area contributed by atoms with E-state index in [0.717, 1.165) is 38.7 Å². The van der Waals surface area contributed by atoms with Crippen molar-refractivity contribution in [3.05, 3.63) is 30.3 Å². The first-order chi connectivity index (χ1) is 9.85. The monoisotopic (exact) mass is 295 g/mol. The highest BCUT2D eigenvalue weighted by atomic mass is 32.2. The van der Waals surface area contributed by atoms with Gasteiger partial charge in [0.25, 0.3) is 0 Å². The number of rotatable bonds is 9. The standard InChI is InChI=1S/C16H25NO2S/c1-18-11-9-17-13-16(7-10-19-14-16)8-12-20-15-5-3-2-4-6-15/h2-6,17H,7-14H2,1H3. The highest BCUT2D eigenvalue weighted by Gasteiger charge is 2.33. The summed E-state index contributed by atoms with van der Waals surface area (Å²) in [4.78, 5) is 1.36. The first kappa shape index (κ1) is 15.8. The Balaban J connectivity index is 1.74. The molecule has 1 aromatic rings. The van der Waals surface area contributed by atoms with E-state index in [4.69, 9.17) is 9.47 Å². The zero-order valence-corrected chi connectivity index (χ0v) is 13.1. The minimum absolute atomic E-state index is 0.315. The number of benzene rings is 1. The molecule has 1 aromatic carbocycles. The van der Waals surface area contributed by atoms with Crippen LogP contribution in [0.15, 0.2) is 35.2 Å². The summed E-state index contributed by atoms with van der Waals surface area (Å²) in [6.07, 6.45) is 2.37. The SMILES string of the molecule is COCCNCC1(CCSc2ccccc2)CCOC1. The van der Waals surface area contributed by atoms with Crippen molar-refractivity contribution in [2.75, 3.05) is 45.8 Å². The lowest BCUT2D eigenvalue weighted by Gasteiger charge is -2.27. The molecule has 20 heavy (non-hydrogen) atoms. The molecule has 1 saturated heterocycles. The minimum atomic E-state index is 0.315. The van der Waals surface area contributed by atoms with Crippen LogP contribution in [0.2, 0.25) is 0 Å². The molecule has 0 amide bonds. The molecule has 1 aliphatic rings. The molecule has 0 bridgehead atoms. The Labute approximate surface area is 126 Å². The topological polar surface area (TPSA) is 30.5 Å². The van der Waals surface area contributed by atoms with Crippen molar-refractivity contribution < 1.29 is 9.47 Å². The Bertz CT molecular complexity index is 366. The van der Waals surface area contributed by atoms with E-state index in [2.05, 4.69) is 35.6 Å². The number of thioether (sulfide) groups is 1. The van der Waals surface area contributed by atoms with Gasteiger partial charge in [-0.25, -0.2) is 0 Å². The van der Waals surface area contributed by atoms with Crippen LogP contribution in [0.25, 0.3) is 0 Å². The van der Waals surface area contributed by atoms with Gasteiger partial charge in [-0.05, 0) is 30.7 Å². The van der Waals surface area contributed by atoms with E-state index in [1.165, 1.54) is 17.7 Å². The van der Waals surface area contributed by atoms with Crippen LogP contribution in [-0.2, 0) is 9.47 Å². The summed E-state index contributed by atoms with van der Waals surface area (Å²) in [7, 11) is 1.74. The van der Waals surface area contributed by atoms with Gasteiger partial charge in [-0.2, -0.15) is 0 Å². The number of nitrogens with one attached hydrogen (secondary N) is 1. The maximum absolute atomic E-state index is 5.64. The second-order valence-electron chi connectivity index (χ2n) is 5.38. The molecule has 1 unspecified atom stereocenters. The van der Waals surface area contributed by atoms with Crippen LogP contribution in [0.5, 0.6) is 0 Å². The van der Waals surface area contributed by atoms with Crippen molar-refractivity contribution in [1.82, 2.24) is 5.32 Å². The molecule has 112 valence electrons. The van der Waals surface area contributed by atoms with Crippen molar-refractivity contribution in [2.45, 2.75) is 17.7 Å². The van der Waals surface area contributed by atoms with Gasteiger partial charge in [-0.15, -0.1) is 11.8 Å². The maximum Gasteiger partial charge on any atom is 0.0587 e. The van der Waals surface area contributed by atoms with Crippen LogP contribution < -0.4 is 5.32 Å². The summed E-state index contributed by atoms with van der Waals surface area (Å²) >= 11 is 1.94. The van der Waals surface area contributed by atoms with E-state index < -0.39 is 0 Å². The van der Waals surface area contributed by atoms with Gasteiger partial charge in [-0.1, -0.05) is 18.2 Å². The van der Waals surface area contributed by atoms with Crippen molar-refractivity contribution in [1.29, 1.82) is 0 Å². The lowest BCUT2D eigenvalue weighted by molar-refractivity contribution is 0.143. The van der Waals surface area contributed by atoms with Crippen LogP contribution >= 0.6 is 11.8 Å². The Kier molecular flexibility index (Phi) is 6.87. The molecule has 0 saturated carbocycles.